The maximum Gasteiger partial charge on any atom is 0.0702 e. The summed E-state index contributed by atoms with van der Waals surface area (Å²) in [6.45, 7) is 3.18. The van der Waals surface area contributed by atoms with Crippen LogP contribution in [-0.4, -0.2) is 18.2 Å². The second-order valence-corrected chi connectivity index (χ2v) is 6.83. The van der Waals surface area contributed by atoms with Gasteiger partial charge in [-0.3, -0.25) is 0 Å². The van der Waals surface area contributed by atoms with Crippen LogP contribution in [0.25, 0.3) is 0 Å². The molecule has 1 saturated heterocycles. The van der Waals surface area contributed by atoms with Gasteiger partial charge in [-0.05, 0) is 43.7 Å². The summed E-state index contributed by atoms with van der Waals surface area (Å²) in [6.07, 6.45) is 11.3. The molecule has 1 spiro atoms. The molecule has 3 rings (SSSR count). The lowest BCUT2D eigenvalue weighted by molar-refractivity contribution is -0.103. The van der Waals surface area contributed by atoms with E-state index in [-0.39, 0.29) is 5.60 Å². The van der Waals surface area contributed by atoms with Gasteiger partial charge in [-0.1, -0.05) is 50.8 Å². The molecule has 0 bridgehead atoms. The van der Waals surface area contributed by atoms with Crippen molar-refractivity contribution in [3.8, 4) is 0 Å². The van der Waals surface area contributed by atoms with Crippen molar-refractivity contribution < 1.29 is 4.74 Å². The van der Waals surface area contributed by atoms with Crippen LogP contribution in [0.2, 0.25) is 0 Å². The Labute approximate surface area is 129 Å². The molecule has 2 heteroatoms. The van der Waals surface area contributed by atoms with Gasteiger partial charge in [0.15, 0.2) is 0 Å². The van der Waals surface area contributed by atoms with E-state index in [2.05, 4.69) is 36.5 Å². The van der Waals surface area contributed by atoms with Crippen LogP contribution in [0.15, 0.2) is 24.3 Å². The Bertz CT molecular complexity index is 445. The molecule has 2 aliphatic rings. The molecule has 2 fully saturated rings. The highest BCUT2D eigenvalue weighted by atomic mass is 16.5. The fourth-order valence-corrected chi connectivity index (χ4v) is 4.06. The van der Waals surface area contributed by atoms with Crippen molar-refractivity contribution in [3.63, 3.8) is 0 Å². The molecule has 1 aliphatic heterocycles. The van der Waals surface area contributed by atoms with Crippen LogP contribution in [0, 0.1) is 0 Å². The Morgan fingerprint density at radius 1 is 1.19 bits per heavy atom. The van der Waals surface area contributed by atoms with Crippen LogP contribution in [0.1, 0.15) is 63.9 Å². The van der Waals surface area contributed by atoms with Crippen LogP contribution < -0.4 is 5.32 Å². The average Bonchev–Trinajstić information content (AvgIpc) is 2.50. The van der Waals surface area contributed by atoms with Gasteiger partial charge >= 0.3 is 0 Å². The van der Waals surface area contributed by atoms with Crippen LogP contribution in [0.5, 0.6) is 0 Å². The van der Waals surface area contributed by atoms with Gasteiger partial charge in [0, 0.05) is 18.3 Å². The van der Waals surface area contributed by atoms with Crippen LogP contribution in [0.3, 0.4) is 0 Å². The number of nitrogens with one attached hydrogen (secondary N) is 1. The second-order valence-electron chi connectivity index (χ2n) is 6.83. The van der Waals surface area contributed by atoms with Gasteiger partial charge in [-0.25, -0.2) is 0 Å². The number of para-hydroxylation sites is 1. The van der Waals surface area contributed by atoms with Crippen molar-refractivity contribution in [1.29, 1.82) is 0 Å². The topological polar surface area (TPSA) is 21.3 Å². The Balaban J connectivity index is 1.67. The molecule has 2 nitrogen and oxygen atoms in total. The third-order valence-electron chi connectivity index (χ3n) is 5.15. The van der Waals surface area contributed by atoms with E-state index >= 15 is 0 Å². The predicted octanol–water partition coefficient (Wildman–Crippen LogP) is 4.93. The quantitative estimate of drug-likeness (QED) is 0.847. The first-order valence-corrected chi connectivity index (χ1v) is 8.80. The van der Waals surface area contributed by atoms with E-state index in [1.54, 1.807) is 0 Å². The zero-order valence-corrected chi connectivity index (χ0v) is 13.4. The van der Waals surface area contributed by atoms with E-state index in [0.29, 0.717) is 6.04 Å². The number of hydrogen-bond acceptors (Lipinski definition) is 2. The summed E-state index contributed by atoms with van der Waals surface area (Å²) in [5.41, 5.74) is 3.00. The van der Waals surface area contributed by atoms with E-state index < -0.39 is 0 Å². The Kier molecular flexibility index (Phi) is 4.84. The summed E-state index contributed by atoms with van der Waals surface area (Å²) < 4.78 is 6.21. The molecule has 1 unspecified atom stereocenters. The average molecular weight is 287 g/mol. The molecule has 1 aromatic carbocycles. The van der Waals surface area contributed by atoms with Crippen LogP contribution in [0.4, 0.5) is 5.69 Å². The van der Waals surface area contributed by atoms with Gasteiger partial charge in [-0.2, -0.15) is 0 Å². The van der Waals surface area contributed by atoms with Gasteiger partial charge in [0.2, 0.25) is 0 Å². The van der Waals surface area contributed by atoms with E-state index in [1.165, 1.54) is 56.2 Å². The van der Waals surface area contributed by atoms with Gasteiger partial charge < -0.3 is 10.1 Å². The number of benzene rings is 1. The van der Waals surface area contributed by atoms with Crippen LogP contribution in [-0.2, 0) is 11.2 Å². The van der Waals surface area contributed by atoms with Crippen molar-refractivity contribution in [1.82, 2.24) is 0 Å². The second kappa shape index (κ2) is 6.83. The Morgan fingerprint density at radius 3 is 2.81 bits per heavy atom. The first-order valence-electron chi connectivity index (χ1n) is 8.80. The van der Waals surface area contributed by atoms with E-state index in [9.17, 15) is 0 Å². The first kappa shape index (κ1) is 14.9. The maximum atomic E-state index is 6.21. The Hall–Kier alpha value is -1.02. The number of anilines is 1. The maximum absolute atomic E-state index is 6.21. The van der Waals surface area contributed by atoms with Gasteiger partial charge in [0.25, 0.3) is 0 Å². The number of rotatable bonds is 4. The smallest absolute Gasteiger partial charge is 0.0702 e. The molecule has 1 aliphatic carbocycles. The van der Waals surface area contributed by atoms with E-state index in [4.69, 9.17) is 4.74 Å². The highest BCUT2D eigenvalue weighted by Crippen LogP contribution is 2.39. The lowest BCUT2D eigenvalue weighted by atomic mass is 9.78. The summed E-state index contributed by atoms with van der Waals surface area (Å²) in [5, 5.41) is 3.83. The number of aryl methyl sites for hydroxylation is 1. The standard InChI is InChI=1S/C19H29NO/c1-2-8-16-9-4-5-10-18(16)20-17-11-14-21-19(15-17)12-6-3-7-13-19/h4-5,9-10,17,20H,2-3,6-8,11-15H2,1H3. The van der Waals surface area contributed by atoms with Crippen molar-refractivity contribution in [2.45, 2.75) is 76.4 Å². The zero-order valence-electron chi connectivity index (χ0n) is 13.4. The predicted molar refractivity (Wildman–Crippen MR) is 88.8 cm³/mol. The molecule has 1 atom stereocenters. The van der Waals surface area contributed by atoms with Gasteiger partial charge in [-0.15, -0.1) is 0 Å². The molecule has 0 amide bonds. The lowest BCUT2D eigenvalue weighted by Crippen LogP contribution is -2.45. The first-order chi connectivity index (χ1) is 10.3. The number of ether oxygens (including phenoxy) is 1. The molecule has 21 heavy (non-hydrogen) atoms. The minimum Gasteiger partial charge on any atom is -0.382 e. The van der Waals surface area contributed by atoms with E-state index in [0.717, 1.165) is 19.4 Å². The summed E-state index contributed by atoms with van der Waals surface area (Å²) in [6, 6.07) is 9.39. The van der Waals surface area contributed by atoms with Crippen LogP contribution >= 0.6 is 0 Å². The summed E-state index contributed by atoms with van der Waals surface area (Å²) in [7, 11) is 0. The fraction of sp³-hybridized carbons (Fsp3) is 0.684. The minimum absolute atomic E-state index is 0.188. The minimum atomic E-state index is 0.188. The highest BCUT2D eigenvalue weighted by molar-refractivity contribution is 5.52. The third-order valence-corrected chi connectivity index (χ3v) is 5.15. The fourth-order valence-electron chi connectivity index (χ4n) is 4.06. The molecule has 1 saturated carbocycles. The summed E-state index contributed by atoms with van der Waals surface area (Å²) in [4.78, 5) is 0. The highest BCUT2D eigenvalue weighted by Gasteiger charge is 2.38. The molecule has 116 valence electrons. The summed E-state index contributed by atoms with van der Waals surface area (Å²) >= 11 is 0. The van der Waals surface area contributed by atoms with E-state index in [1.807, 2.05) is 0 Å². The van der Waals surface area contributed by atoms with Crippen molar-refractivity contribution in [3.05, 3.63) is 29.8 Å². The van der Waals surface area contributed by atoms with Crippen molar-refractivity contribution in [2.75, 3.05) is 11.9 Å². The van der Waals surface area contributed by atoms with Gasteiger partial charge in [0.05, 0.1) is 5.60 Å². The van der Waals surface area contributed by atoms with Crippen molar-refractivity contribution >= 4 is 5.69 Å². The molecule has 0 aromatic heterocycles. The monoisotopic (exact) mass is 287 g/mol. The molecule has 1 aromatic rings. The largest absolute Gasteiger partial charge is 0.382 e. The van der Waals surface area contributed by atoms with Crippen molar-refractivity contribution in [2.24, 2.45) is 0 Å². The molecule has 1 heterocycles. The summed E-state index contributed by atoms with van der Waals surface area (Å²) in [5.74, 6) is 0. The SMILES string of the molecule is CCCc1ccccc1NC1CCOC2(CCCCC2)C1. The molecular formula is C19H29NO. The van der Waals surface area contributed by atoms with Gasteiger partial charge in [0.1, 0.15) is 0 Å². The zero-order chi connectivity index (χ0) is 14.5. The molecular weight excluding hydrogens is 258 g/mol. The Morgan fingerprint density at radius 2 is 2.00 bits per heavy atom. The molecule has 1 N–H and O–H groups in total. The lowest BCUT2D eigenvalue weighted by Gasteiger charge is -2.44. The third kappa shape index (κ3) is 3.60. The number of hydrogen-bond donors (Lipinski definition) is 1. The molecule has 0 radical (unpaired) electrons. The normalized spacial score (nSPS) is 24.9.